The van der Waals surface area contributed by atoms with Crippen LogP contribution in [-0.2, 0) is 0 Å². The molecule has 6 heteroatoms. The van der Waals surface area contributed by atoms with Crippen LogP contribution in [0.5, 0.6) is 0 Å². The highest BCUT2D eigenvalue weighted by Crippen LogP contribution is 1.99. The Kier molecular flexibility index (Phi) is 2.80. The molecule has 0 spiro atoms. The molecule has 0 aliphatic carbocycles. The third-order valence-corrected chi connectivity index (χ3v) is 0.696. The van der Waals surface area contributed by atoms with Crippen molar-refractivity contribution in [2.24, 2.45) is 0 Å². The van der Waals surface area contributed by atoms with Crippen molar-refractivity contribution in [2.45, 2.75) is 0 Å². The number of hydrogen-bond acceptors (Lipinski definition) is 3. The van der Waals surface area contributed by atoms with Crippen LogP contribution in [0, 0.1) is 0 Å². The van der Waals surface area contributed by atoms with E-state index in [4.69, 9.17) is 5.73 Å². The van der Waals surface area contributed by atoms with E-state index in [1.165, 1.54) is 11.0 Å². The predicted molar refractivity (Wildman–Crippen MR) is 33.2 cm³/mol. The molecule has 0 aliphatic heterocycles. The summed E-state index contributed by atoms with van der Waals surface area (Å²) in [4.78, 5) is 1.31. The number of hydrogen-bond donors (Lipinski definition) is 1. The third-order valence-electron chi connectivity index (χ3n) is 0.696. The van der Waals surface area contributed by atoms with E-state index in [2.05, 4.69) is 15.2 Å². The van der Waals surface area contributed by atoms with Gasteiger partial charge in [-0.2, -0.15) is 5.43 Å². The molecule has 0 aromatic carbocycles. The number of halogens is 1. The summed E-state index contributed by atoms with van der Waals surface area (Å²) in [5, 5.41) is 3.38. The van der Waals surface area contributed by atoms with Gasteiger partial charge < -0.3 is 10.3 Å². The second kappa shape index (κ2) is 3.13. The van der Waals surface area contributed by atoms with Gasteiger partial charge >= 0.3 is 0 Å². The Bertz CT molecular complexity index is 176. The number of nitrogens with one attached hydrogen (secondary N) is 2. The maximum atomic E-state index is 6.83. The lowest BCUT2D eigenvalue weighted by atomic mass is 10.8. The zero-order valence-electron chi connectivity index (χ0n) is 4.79. The topological polar surface area (TPSA) is 65.7 Å². The lowest BCUT2D eigenvalue weighted by molar-refractivity contribution is -0.717. The molecule has 9 heavy (non-hydrogen) atoms. The van der Waals surface area contributed by atoms with Crippen LogP contribution >= 0.6 is 12.4 Å². The summed E-state index contributed by atoms with van der Waals surface area (Å²) in [5.74, 6) is 0.0411. The van der Waals surface area contributed by atoms with Gasteiger partial charge in [0.1, 0.15) is 5.88 Å². The summed E-state index contributed by atoms with van der Waals surface area (Å²) in [5.41, 5.74) is 9.47. The Morgan fingerprint density at radius 2 is 2.56 bits per heavy atom. The van der Waals surface area contributed by atoms with Crippen molar-refractivity contribution in [2.75, 3.05) is 12.5 Å². The second-order valence-electron chi connectivity index (χ2n) is 1.23. The van der Waals surface area contributed by atoms with Gasteiger partial charge in [-0.25, -0.2) is 0 Å². The van der Waals surface area contributed by atoms with E-state index in [1.54, 1.807) is 7.05 Å². The van der Waals surface area contributed by atoms with Crippen LogP contribution in [0.1, 0.15) is 0 Å². The van der Waals surface area contributed by atoms with Crippen molar-refractivity contribution < 1.29 is 9.31 Å². The molecule has 0 aliphatic rings. The maximum absolute atomic E-state index is 6.83. The summed E-state index contributed by atoms with van der Waals surface area (Å²) in [6, 6.07) is 0. The minimum Gasteiger partial charge on any atom is -0.660 e. The largest absolute Gasteiger partial charge is 0.660 e. The minimum atomic E-state index is 0. The van der Waals surface area contributed by atoms with Crippen LogP contribution in [0.4, 0.5) is 5.88 Å². The fourth-order valence-electron chi connectivity index (χ4n) is 0.352. The van der Waals surface area contributed by atoms with Gasteiger partial charge in [-0.1, -0.05) is 0 Å². The Morgan fingerprint density at radius 3 is 2.78 bits per heavy atom. The minimum absolute atomic E-state index is 0. The van der Waals surface area contributed by atoms with Crippen molar-refractivity contribution in [1.29, 1.82) is 0 Å². The first-order valence-corrected chi connectivity index (χ1v) is 2.11. The van der Waals surface area contributed by atoms with Gasteiger partial charge in [0.2, 0.25) is 5.27 Å². The molecule has 0 atom stereocenters. The lowest BCUT2D eigenvalue weighted by Crippen LogP contribution is -2.43. The molecule has 0 amide bonds. The normalized spacial score (nSPS) is 8.11. The molecule has 1 aromatic heterocycles. The van der Waals surface area contributed by atoms with E-state index in [0.29, 0.717) is 0 Å². The standard InChI is InChI=1S/C3H6N4O.ClH/c1-5-7-2-3(4)8-6-7;/h2,4H,1H3,(H,5,6);1H. The van der Waals surface area contributed by atoms with Crippen LogP contribution in [0.15, 0.2) is 10.7 Å². The smallest absolute Gasteiger partial charge is 0.256 e. The average molecular weight is 151 g/mol. The first-order chi connectivity index (χ1) is 3.83. The third kappa shape index (κ3) is 1.77. The van der Waals surface area contributed by atoms with E-state index >= 15 is 0 Å². The molecule has 1 rings (SSSR count). The number of nitrogens with zero attached hydrogens (tertiary/aromatic N) is 2. The molecule has 0 fully saturated rings. The van der Waals surface area contributed by atoms with Crippen molar-refractivity contribution in [3.63, 3.8) is 0 Å². The Balaban J connectivity index is 0.000000640. The SMILES string of the molecule is CN[n+]1cc([NH-])on1.Cl. The molecular weight excluding hydrogens is 144 g/mol. The molecule has 0 bridgehead atoms. The highest BCUT2D eigenvalue weighted by molar-refractivity contribution is 5.85. The van der Waals surface area contributed by atoms with Crippen LogP contribution in [0.2, 0.25) is 0 Å². The van der Waals surface area contributed by atoms with Gasteiger partial charge in [0.25, 0.3) is 6.20 Å². The fraction of sp³-hybridized carbons (Fsp3) is 0.333. The molecular formula is C3H7ClN4O. The molecule has 0 saturated carbocycles. The van der Waals surface area contributed by atoms with Crippen molar-refractivity contribution in [3.05, 3.63) is 11.9 Å². The Hall–Kier alpha value is -0.970. The first-order valence-electron chi connectivity index (χ1n) is 2.11. The van der Waals surface area contributed by atoms with Crippen molar-refractivity contribution >= 4 is 18.3 Å². The predicted octanol–water partition coefficient (Wildman–Crippen LogP) is 0.241. The zero-order chi connectivity index (χ0) is 5.98. The monoisotopic (exact) mass is 150 g/mol. The quantitative estimate of drug-likeness (QED) is 0.584. The number of aromatic nitrogens is 2. The van der Waals surface area contributed by atoms with Gasteiger partial charge in [-0.3, -0.25) is 0 Å². The van der Waals surface area contributed by atoms with Crippen molar-refractivity contribution in [1.82, 2.24) is 5.27 Å². The highest BCUT2D eigenvalue weighted by Gasteiger charge is 1.97. The van der Waals surface area contributed by atoms with Crippen molar-refractivity contribution in [3.8, 4) is 0 Å². The molecule has 2 N–H and O–H groups in total. The van der Waals surface area contributed by atoms with Crippen LogP contribution in [-0.4, -0.2) is 12.3 Å². The highest BCUT2D eigenvalue weighted by atomic mass is 35.5. The Morgan fingerprint density at radius 1 is 1.89 bits per heavy atom. The molecule has 0 radical (unpaired) electrons. The first kappa shape index (κ1) is 8.03. The fourth-order valence-corrected chi connectivity index (χ4v) is 0.352. The lowest BCUT2D eigenvalue weighted by Gasteiger charge is -1.77. The van der Waals surface area contributed by atoms with Gasteiger partial charge in [0, 0.05) is 0 Å². The van der Waals surface area contributed by atoms with Crippen LogP contribution in [0.25, 0.3) is 5.73 Å². The van der Waals surface area contributed by atoms with Gasteiger partial charge in [-0.05, 0) is 0 Å². The summed E-state index contributed by atoms with van der Waals surface area (Å²) in [7, 11) is 1.68. The van der Waals surface area contributed by atoms with Gasteiger partial charge in [-0.15, -0.1) is 12.4 Å². The zero-order valence-corrected chi connectivity index (χ0v) is 5.60. The molecule has 5 nitrogen and oxygen atoms in total. The van der Waals surface area contributed by atoms with Gasteiger partial charge in [0.15, 0.2) is 0 Å². The molecule has 1 aromatic rings. The molecule has 0 saturated heterocycles. The second-order valence-corrected chi connectivity index (χ2v) is 1.23. The van der Waals surface area contributed by atoms with E-state index in [0.717, 1.165) is 0 Å². The van der Waals surface area contributed by atoms with E-state index < -0.39 is 0 Å². The summed E-state index contributed by atoms with van der Waals surface area (Å²) < 4.78 is 4.37. The molecule has 0 unspecified atom stereocenters. The number of rotatable bonds is 1. The van der Waals surface area contributed by atoms with Crippen LogP contribution in [0.3, 0.4) is 0 Å². The van der Waals surface area contributed by atoms with Gasteiger partial charge in [0.05, 0.1) is 11.8 Å². The van der Waals surface area contributed by atoms with E-state index in [9.17, 15) is 0 Å². The summed E-state index contributed by atoms with van der Waals surface area (Å²) in [6.07, 6.45) is 1.42. The Labute approximate surface area is 58.2 Å². The summed E-state index contributed by atoms with van der Waals surface area (Å²) >= 11 is 0. The van der Waals surface area contributed by atoms with E-state index in [-0.39, 0.29) is 18.3 Å². The average Bonchev–Trinajstić information content (AvgIpc) is 2.14. The molecule has 1 heterocycles. The maximum Gasteiger partial charge on any atom is 0.256 e. The molecule has 52 valence electrons. The summed E-state index contributed by atoms with van der Waals surface area (Å²) in [6.45, 7) is 0. The van der Waals surface area contributed by atoms with Crippen LogP contribution < -0.4 is 10.2 Å². The van der Waals surface area contributed by atoms with E-state index in [1.807, 2.05) is 0 Å².